The van der Waals surface area contributed by atoms with Crippen molar-refractivity contribution in [3.05, 3.63) is 0 Å². The molecule has 14 heavy (non-hydrogen) atoms. The van der Waals surface area contributed by atoms with Gasteiger partial charge < -0.3 is 10.4 Å². The van der Waals surface area contributed by atoms with Gasteiger partial charge in [0.15, 0.2) is 0 Å². The number of carbonyl (C=O) groups is 2. The molecule has 0 heterocycles. The van der Waals surface area contributed by atoms with Crippen molar-refractivity contribution in [2.75, 3.05) is 6.54 Å². The van der Waals surface area contributed by atoms with E-state index in [1.54, 1.807) is 6.92 Å². The molecule has 0 aliphatic heterocycles. The highest BCUT2D eigenvalue weighted by atomic mass is 16.4. The predicted octanol–water partition coefficient (Wildman–Crippen LogP) is 1.40. The fourth-order valence-electron chi connectivity index (χ4n) is 0.977. The third kappa shape index (κ3) is 6.46. The van der Waals surface area contributed by atoms with Crippen LogP contribution in [0.5, 0.6) is 0 Å². The summed E-state index contributed by atoms with van der Waals surface area (Å²) in [7, 11) is 0. The van der Waals surface area contributed by atoms with Gasteiger partial charge in [-0.25, -0.2) is 0 Å². The molecule has 0 rings (SSSR count). The van der Waals surface area contributed by atoms with Gasteiger partial charge in [0, 0.05) is 13.0 Å². The van der Waals surface area contributed by atoms with Gasteiger partial charge in [-0.2, -0.15) is 0 Å². The van der Waals surface area contributed by atoms with Gasteiger partial charge in [0.1, 0.15) is 0 Å². The Bertz CT molecular complexity index is 192. The second-order valence-corrected chi connectivity index (χ2v) is 3.48. The van der Waals surface area contributed by atoms with Crippen molar-refractivity contribution < 1.29 is 14.7 Å². The number of rotatable bonds is 7. The Morgan fingerprint density at radius 2 is 2.07 bits per heavy atom. The zero-order chi connectivity index (χ0) is 11.0. The molecule has 82 valence electrons. The number of nitrogens with one attached hydrogen (secondary N) is 1. The average molecular weight is 201 g/mol. The van der Waals surface area contributed by atoms with E-state index in [1.807, 2.05) is 6.92 Å². The molecule has 1 atom stereocenters. The summed E-state index contributed by atoms with van der Waals surface area (Å²) in [5.41, 5.74) is 0. The lowest BCUT2D eigenvalue weighted by molar-refractivity contribution is -0.141. The maximum Gasteiger partial charge on any atom is 0.306 e. The Balaban J connectivity index is 3.44. The number of carboxylic acid groups (broad SMARTS) is 1. The van der Waals surface area contributed by atoms with Crippen molar-refractivity contribution in [3.63, 3.8) is 0 Å². The highest BCUT2D eigenvalue weighted by molar-refractivity contribution is 5.75. The van der Waals surface area contributed by atoms with E-state index in [2.05, 4.69) is 5.32 Å². The molecule has 1 unspecified atom stereocenters. The topological polar surface area (TPSA) is 66.4 Å². The van der Waals surface area contributed by atoms with Gasteiger partial charge in [-0.15, -0.1) is 0 Å². The van der Waals surface area contributed by atoms with Crippen molar-refractivity contribution in [3.8, 4) is 0 Å². The maximum absolute atomic E-state index is 11.1. The molecule has 0 saturated carbocycles. The van der Waals surface area contributed by atoms with Gasteiger partial charge in [-0.1, -0.05) is 20.3 Å². The first-order valence-corrected chi connectivity index (χ1v) is 5.07. The Morgan fingerprint density at radius 1 is 1.43 bits per heavy atom. The molecular formula is C10H19NO3. The number of amides is 1. The molecule has 0 aromatic carbocycles. The molecule has 0 aliphatic rings. The number of carbonyl (C=O) groups excluding carboxylic acids is 1. The van der Waals surface area contributed by atoms with Gasteiger partial charge in [0.25, 0.3) is 0 Å². The normalized spacial score (nSPS) is 12.1. The van der Waals surface area contributed by atoms with Crippen LogP contribution in [0, 0.1) is 5.92 Å². The third-order valence-electron chi connectivity index (χ3n) is 2.08. The molecule has 4 heteroatoms. The zero-order valence-corrected chi connectivity index (χ0v) is 8.88. The summed E-state index contributed by atoms with van der Waals surface area (Å²) < 4.78 is 0. The maximum atomic E-state index is 11.1. The smallest absolute Gasteiger partial charge is 0.306 e. The molecule has 4 nitrogen and oxygen atoms in total. The molecule has 0 bridgehead atoms. The van der Waals surface area contributed by atoms with Crippen LogP contribution in [0.15, 0.2) is 0 Å². The minimum Gasteiger partial charge on any atom is -0.481 e. The summed E-state index contributed by atoms with van der Waals surface area (Å²) in [5, 5.41) is 11.3. The number of carboxylic acids is 1. The summed E-state index contributed by atoms with van der Waals surface area (Å²) in [6.45, 7) is 4.12. The van der Waals surface area contributed by atoms with Crippen molar-refractivity contribution in [1.82, 2.24) is 5.32 Å². The van der Waals surface area contributed by atoms with E-state index < -0.39 is 5.97 Å². The van der Waals surface area contributed by atoms with Gasteiger partial charge in [0.05, 0.1) is 5.92 Å². The second-order valence-electron chi connectivity index (χ2n) is 3.48. The first-order chi connectivity index (χ1) is 6.57. The number of aliphatic carboxylic acids is 1. The Kier molecular flexibility index (Phi) is 6.80. The van der Waals surface area contributed by atoms with Gasteiger partial charge >= 0.3 is 5.97 Å². The number of hydrogen-bond acceptors (Lipinski definition) is 2. The van der Waals surface area contributed by atoms with E-state index >= 15 is 0 Å². The molecule has 0 aromatic heterocycles. The molecule has 0 saturated heterocycles. The van der Waals surface area contributed by atoms with Crippen LogP contribution in [0.4, 0.5) is 0 Å². The predicted molar refractivity (Wildman–Crippen MR) is 54.0 cm³/mol. The summed E-state index contributed by atoms with van der Waals surface area (Å²) in [4.78, 5) is 21.5. The van der Waals surface area contributed by atoms with Crippen LogP contribution in [0.1, 0.15) is 39.5 Å². The minimum absolute atomic E-state index is 0.0180. The van der Waals surface area contributed by atoms with Crippen LogP contribution >= 0.6 is 0 Å². The number of unbranched alkanes of at least 4 members (excludes halogenated alkanes) is 1. The van der Waals surface area contributed by atoms with E-state index in [4.69, 9.17) is 5.11 Å². The van der Waals surface area contributed by atoms with Gasteiger partial charge in [-0.3, -0.25) is 9.59 Å². The van der Waals surface area contributed by atoms with Gasteiger partial charge in [-0.05, 0) is 12.8 Å². The summed E-state index contributed by atoms with van der Waals surface area (Å²) in [6.07, 6.45) is 2.92. The lowest BCUT2D eigenvalue weighted by Crippen LogP contribution is -2.26. The van der Waals surface area contributed by atoms with Crippen molar-refractivity contribution in [1.29, 1.82) is 0 Å². The third-order valence-corrected chi connectivity index (χ3v) is 2.08. The van der Waals surface area contributed by atoms with E-state index in [9.17, 15) is 9.59 Å². The second kappa shape index (κ2) is 7.35. The zero-order valence-electron chi connectivity index (χ0n) is 8.88. The summed E-state index contributed by atoms with van der Waals surface area (Å²) in [6, 6.07) is 0. The lowest BCUT2D eigenvalue weighted by Gasteiger charge is -2.07. The van der Waals surface area contributed by atoms with E-state index in [-0.39, 0.29) is 11.8 Å². The quantitative estimate of drug-likeness (QED) is 0.654. The van der Waals surface area contributed by atoms with Crippen LogP contribution in [-0.4, -0.2) is 23.5 Å². The Labute approximate surface area is 84.7 Å². The minimum atomic E-state index is -0.812. The monoisotopic (exact) mass is 201 g/mol. The van der Waals surface area contributed by atoms with Crippen LogP contribution in [0.25, 0.3) is 0 Å². The highest BCUT2D eigenvalue weighted by Gasteiger charge is 2.10. The largest absolute Gasteiger partial charge is 0.481 e. The lowest BCUT2D eigenvalue weighted by atomic mass is 10.1. The Hall–Kier alpha value is -1.06. The molecular weight excluding hydrogens is 182 g/mol. The summed E-state index contributed by atoms with van der Waals surface area (Å²) >= 11 is 0. The van der Waals surface area contributed by atoms with E-state index in [0.717, 1.165) is 12.8 Å². The first kappa shape index (κ1) is 12.9. The molecule has 0 radical (unpaired) electrons. The van der Waals surface area contributed by atoms with Crippen molar-refractivity contribution in [2.45, 2.75) is 39.5 Å². The average Bonchev–Trinajstić information content (AvgIpc) is 2.14. The molecule has 0 aromatic rings. The highest BCUT2D eigenvalue weighted by Crippen LogP contribution is 2.00. The molecule has 1 amide bonds. The van der Waals surface area contributed by atoms with Crippen molar-refractivity contribution >= 4 is 11.9 Å². The first-order valence-electron chi connectivity index (χ1n) is 5.07. The van der Waals surface area contributed by atoms with Gasteiger partial charge in [0.2, 0.25) is 5.91 Å². The fourth-order valence-corrected chi connectivity index (χ4v) is 0.977. The molecule has 2 N–H and O–H groups in total. The van der Waals surface area contributed by atoms with Crippen LogP contribution in [0.3, 0.4) is 0 Å². The number of hydrogen-bond donors (Lipinski definition) is 2. The molecule has 0 spiro atoms. The molecule has 0 aliphatic carbocycles. The standard InChI is InChI=1S/C10H19NO3/c1-3-4-5-9(12)11-7-6-8(2)10(13)14/h8H,3-7H2,1-2H3,(H,11,12)(H,13,14). The van der Waals surface area contributed by atoms with Crippen LogP contribution in [0.2, 0.25) is 0 Å². The molecule has 0 fully saturated rings. The summed E-state index contributed by atoms with van der Waals surface area (Å²) in [5.74, 6) is -1.18. The SMILES string of the molecule is CCCCC(=O)NCCC(C)C(=O)O. The van der Waals surface area contributed by atoms with Crippen LogP contribution < -0.4 is 5.32 Å². The Morgan fingerprint density at radius 3 is 2.57 bits per heavy atom. The van der Waals surface area contributed by atoms with E-state index in [0.29, 0.717) is 19.4 Å². The van der Waals surface area contributed by atoms with Crippen molar-refractivity contribution in [2.24, 2.45) is 5.92 Å². The van der Waals surface area contributed by atoms with E-state index in [1.165, 1.54) is 0 Å². The van der Waals surface area contributed by atoms with Crippen LogP contribution in [-0.2, 0) is 9.59 Å². The fraction of sp³-hybridized carbons (Fsp3) is 0.800.